The number of hydrogen-bond acceptors (Lipinski definition) is 1. The SMILES string of the molecule is CCCCCCCc1ccc(C(=O)NCc2ccc(F)cc2)cc1. The summed E-state index contributed by atoms with van der Waals surface area (Å²) in [4.78, 5) is 12.1. The van der Waals surface area contributed by atoms with E-state index in [2.05, 4.69) is 12.2 Å². The average molecular weight is 327 g/mol. The maximum absolute atomic E-state index is 12.9. The molecule has 1 amide bonds. The van der Waals surface area contributed by atoms with E-state index in [-0.39, 0.29) is 11.7 Å². The number of aryl methyl sites for hydroxylation is 1. The van der Waals surface area contributed by atoms with Crippen molar-refractivity contribution in [2.45, 2.75) is 52.0 Å². The van der Waals surface area contributed by atoms with Crippen molar-refractivity contribution < 1.29 is 9.18 Å². The quantitative estimate of drug-likeness (QED) is 0.625. The van der Waals surface area contributed by atoms with Crippen molar-refractivity contribution in [1.82, 2.24) is 5.32 Å². The van der Waals surface area contributed by atoms with Gasteiger partial charge in [-0.1, -0.05) is 56.9 Å². The molecule has 0 aliphatic rings. The summed E-state index contributed by atoms with van der Waals surface area (Å²) in [7, 11) is 0. The molecule has 0 fully saturated rings. The lowest BCUT2D eigenvalue weighted by Crippen LogP contribution is -2.22. The smallest absolute Gasteiger partial charge is 0.251 e. The Labute approximate surface area is 144 Å². The zero-order valence-corrected chi connectivity index (χ0v) is 14.4. The number of rotatable bonds is 9. The van der Waals surface area contributed by atoms with Gasteiger partial charge in [0, 0.05) is 12.1 Å². The first-order valence-corrected chi connectivity index (χ1v) is 8.80. The molecule has 0 aliphatic carbocycles. The van der Waals surface area contributed by atoms with E-state index in [0.29, 0.717) is 12.1 Å². The summed E-state index contributed by atoms with van der Waals surface area (Å²) in [5.41, 5.74) is 2.82. The molecule has 0 aliphatic heterocycles. The molecular weight excluding hydrogens is 301 g/mol. The van der Waals surface area contributed by atoms with Crippen LogP contribution < -0.4 is 5.32 Å². The number of carbonyl (C=O) groups is 1. The fraction of sp³-hybridized carbons (Fsp3) is 0.381. The molecule has 2 aromatic carbocycles. The summed E-state index contributed by atoms with van der Waals surface area (Å²) >= 11 is 0. The third kappa shape index (κ3) is 6.15. The first-order chi connectivity index (χ1) is 11.7. The van der Waals surface area contributed by atoms with Crippen LogP contribution in [0.4, 0.5) is 4.39 Å². The van der Waals surface area contributed by atoms with Gasteiger partial charge in [-0.05, 0) is 48.2 Å². The monoisotopic (exact) mass is 327 g/mol. The highest BCUT2D eigenvalue weighted by atomic mass is 19.1. The van der Waals surface area contributed by atoms with Crippen LogP contribution in [0, 0.1) is 5.82 Å². The minimum absolute atomic E-state index is 0.103. The molecule has 24 heavy (non-hydrogen) atoms. The molecule has 3 heteroatoms. The zero-order valence-electron chi connectivity index (χ0n) is 14.4. The van der Waals surface area contributed by atoms with Crippen LogP contribution in [0.25, 0.3) is 0 Å². The average Bonchev–Trinajstić information content (AvgIpc) is 2.61. The molecule has 0 saturated carbocycles. The van der Waals surface area contributed by atoms with Gasteiger partial charge in [-0.2, -0.15) is 0 Å². The Morgan fingerprint density at radius 1 is 0.875 bits per heavy atom. The molecule has 2 nitrogen and oxygen atoms in total. The second kappa shape index (κ2) is 9.86. The third-order valence-corrected chi connectivity index (χ3v) is 4.15. The van der Waals surface area contributed by atoms with Gasteiger partial charge in [-0.3, -0.25) is 4.79 Å². The van der Waals surface area contributed by atoms with E-state index in [1.165, 1.54) is 49.8 Å². The summed E-state index contributed by atoms with van der Waals surface area (Å²) in [6.45, 7) is 2.62. The summed E-state index contributed by atoms with van der Waals surface area (Å²) in [5, 5.41) is 2.86. The molecule has 0 heterocycles. The first kappa shape index (κ1) is 18.2. The Kier molecular flexibility index (Phi) is 7.47. The molecule has 1 N–H and O–H groups in total. The summed E-state index contributed by atoms with van der Waals surface area (Å²) in [5.74, 6) is -0.371. The van der Waals surface area contributed by atoms with Crippen molar-refractivity contribution >= 4 is 5.91 Å². The van der Waals surface area contributed by atoms with Crippen LogP contribution in [0.15, 0.2) is 48.5 Å². The fourth-order valence-electron chi connectivity index (χ4n) is 2.64. The fourth-order valence-corrected chi connectivity index (χ4v) is 2.64. The number of hydrogen-bond donors (Lipinski definition) is 1. The maximum Gasteiger partial charge on any atom is 0.251 e. The van der Waals surface area contributed by atoms with Crippen molar-refractivity contribution in [2.75, 3.05) is 0 Å². The first-order valence-electron chi connectivity index (χ1n) is 8.80. The van der Waals surface area contributed by atoms with E-state index >= 15 is 0 Å². The Hall–Kier alpha value is -2.16. The Bertz CT molecular complexity index is 619. The van der Waals surface area contributed by atoms with Crippen molar-refractivity contribution in [3.8, 4) is 0 Å². The third-order valence-electron chi connectivity index (χ3n) is 4.15. The van der Waals surface area contributed by atoms with Gasteiger partial charge in [-0.15, -0.1) is 0 Å². The zero-order chi connectivity index (χ0) is 17.2. The number of unbranched alkanes of at least 4 members (excludes halogenated alkanes) is 4. The molecule has 0 spiro atoms. The van der Waals surface area contributed by atoms with E-state index in [9.17, 15) is 9.18 Å². The van der Waals surface area contributed by atoms with Gasteiger partial charge < -0.3 is 5.32 Å². The van der Waals surface area contributed by atoms with E-state index in [0.717, 1.165) is 12.0 Å². The van der Waals surface area contributed by atoms with Gasteiger partial charge in [0.2, 0.25) is 0 Å². The van der Waals surface area contributed by atoms with Gasteiger partial charge >= 0.3 is 0 Å². The van der Waals surface area contributed by atoms with Crippen molar-refractivity contribution in [3.63, 3.8) is 0 Å². The molecule has 0 aromatic heterocycles. The van der Waals surface area contributed by atoms with Gasteiger partial charge in [0.05, 0.1) is 0 Å². The van der Waals surface area contributed by atoms with Gasteiger partial charge in [0.25, 0.3) is 5.91 Å². The van der Waals surface area contributed by atoms with Crippen molar-refractivity contribution in [1.29, 1.82) is 0 Å². The highest BCUT2D eigenvalue weighted by molar-refractivity contribution is 5.94. The largest absolute Gasteiger partial charge is 0.348 e. The normalized spacial score (nSPS) is 10.6. The Morgan fingerprint density at radius 2 is 1.50 bits per heavy atom. The van der Waals surface area contributed by atoms with Crippen LogP contribution in [0.1, 0.15) is 60.5 Å². The number of amides is 1. The molecule has 128 valence electrons. The van der Waals surface area contributed by atoms with Gasteiger partial charge in [0.1, 0.15) is 5.82 Å². The molecule has 0 bridgehead atoms. The van der Waals surface area contributed by atoms with Gasteiger partial charge in [0.15, 0.2) is 0 Å². The topological polar surface area (TPSA) is 29.1 Å². The van der Waals surface area contributed by atoms with Gasteiger partial charge in [-0.25, -0.2) is 4.39 Å². The summed E-state index contributed by atoms with van der Waals surface area (Å²) in [6.07, 6.45) is 7.43. The van der Waals surface area contributed by atoms with Crippen LogP contribution >= 0.6 is 0 Å². The Balaban J connectivity index is 1.77. The lowest BCUT2D eigenvalue weighted by atomic mass is 10.0. The lowest BCUT2D eigenvalue weighted by Gasteiger charge is -2.07. The van der Waals surface area contributed by atoms with Crippen molar-refractivity contribution in [3.05, 3.63) is 71.0 Å². The van der Waals surface area contributed by atoms with Crippen LogP contribution in [-0.4, -0.2) is 5.91 Å². The second-order valence-corrected chi connectivity index (χ2v) is 6.17. The predicted octanol–water partition coefficient (Wildman–Crippen LogP) is 5.27. The predicted molar refractivity (Wildman–Crippen MR) is 96.5 cm³/mol. The number of halogens is 1. The molecule has 2 rings (SSSR count). The molecule has 0 unspecified atom stereocenters. The molecular formula is C21H26FNO. The van der Waals surface area contributed by atoms with Crippen LogP contribution in [0.5, 0.6) is 0 Å². The standard InChI is InChI=1S/C21H26FNO/c1-2-3-4-5-6-7-17-8-12-19(13-9-17)21(24)23-16-18-10-14-20(22)15-11-18/h8-15H,2-7,16H2,1H3,(H,23,24). The van der Waals surface area contributed by atoms with E-state index < -0.39 is 0 Å². The molecule has 2 aromatic rings. The number of nitrogens with one attached hydrogen (secondary N) is 1. The van der Waals surface area contributed by atoms with Crippen LogP contribution in [0.3, 0.4) is 0 Å². The highest BCUT2D eigenvalue weighted by Crippen LogP contribution is 2.11. The van der Waals surface area contributed by atoms with E-state index in [1.807, 2.05) is 24.3 Å². The van der Waals surface area contributed by atoms with Crippen LogP contribution in [0.2, 0.25) is 0 Å². The molecule has 0 radical (unpaired) electrons. The van der Waals surface area contributed by atoms with E-state index in [4.69, 9.17) is 0 Å². The number of benzene rings is 2. The van der Waals surface area contributed by atoms with Crippen molar-refractivity contribution in [2.24, 2.45) is 0 Å². The minimum Gasteiger partial charge on any atom is -0.348 e. The van der Waals surface area contributed by atoms with E-state index in [1.54, 1.807) is 12.1 Å². The summed E-state index contributed by atoms with van der Waals surface area (Å²) < 4.78 is 12.9. The number of carbonyl (C=O) groups excluding carboxylic acids is 1. The Morgan fingerprint density at radius 3 is 2.17 bits per heavy atom. The summed E-state index contributed by atoms with van der Waals surface area (Å²) in [6, 6.07) is 14.0. The molecule has 0 atom stereocenters. The molecule has 0 saturated heterocycles. The van der Waals surface area contributed by atoms with Crippen LogP contribution in [-0.2, 0) is 13.0 Å². The maximum atomic E-state index is 12.9. The second-order valence-electron chi connectivity index (χ2n) is 6.17. The minimum atomic E-state index is -0.268. The highest BCUT2D eigenvalue weighted by Gasteiger charge is 2.05. The lowest BCUT2D eigenvalue weighted by molar-refractivity contribution is 0.0951.